The Morgan fingerprint density at radius 1 is 1.24 bits per heavy atom. The number of aromatic nitrogens is 2. The molecule has 2 aromatic heterocycles. The molecule has 0 unspecified atom stereocenters. The Labute approximate surface area is 195 Å². The number of carbonyl (C=O) groups excluding carboxylic acids is 2. The average Bonchev–Trinajstić information content (AvgIpc) is 2.83. The first-order valence-corrected chi connectivity index (χ1v) is 12.4. The largest absolute Gasteiger partial charge is 0.504 e. The highest BCUT2D eigenvalue weighted by atomic mass is 32.2. The molecule has 11 heteroatoms. The number of pyridine rings is 2. The van der Waals surface area contributed by atoms with E-state index in [0.29, 0.717) is 23.8 Å². The molecule has 0 bridgehead atoms. The third kappa shape index (κ3) is 4.43. The molecule has 2 N–H and O–H groups in total. The maximum atomic E-state index is 13.6. The van der Waals surface area contributed by atoms with E-state index in [2.05, 4.69) is 15.3 Å². The molecule has 1 aliphatic rings. The van der Waals surface area contributed by atoms with Gasteiger partial charge in [0.15, 0.2) is 23.0 Å². The van der Waals surface area contributed by atoms with Crippen LogP contribution >= 0.6 is 0 Å². The summed E-state index contributed by atoms with van der Waals surface area (Å²) in [6, 6.07) is 6.90. The molecule has 3 heterocycles. The number of fused-ring (bicyclic) bond motifs is 1. The van der Waals surface area contributed by atoms with Gasteiger partial charge in [-0.2, -0.15) is 0 Å². The van der Waals surface area contributed by atoms with E-state index in [9.17, 15) is 27.5 Å². The highest BCUT2D eigenvalue weighted by Gasteiger charge is 2.31. The second-order valence-corrected chi connectivity index (χ2v) is 9.94. The number of hydrogen-bond donors (Lipinski definition) is 2. The smallest absolute Gasteiger partial charge is 0.251 e. The fraction of sp³-hybridized carbons (Fsp3) is 0.304. The zero-order valence-electron chi connectivity index (χ0n) is 18.4. The van der Waals surface area contributed by atoms with Crippen LogP contribution in [0.2, 0.25) is 0 Å². The minimum absolute atomic E-state index is 0.0343. The summed E-state index contributed by atoms with van der Waals surface area (Å²) in [5.74, 6) is -2.06. The van der Waals surface area contributed by atoms with Crippen molar-refractivity contribution in [3.05, 3.63) is 59.2 Å². The second kappa shape index (κ2) is 9.34. The normalized spacial score (nSPS) is 15.3. The van der Waals surface area contributed by atoms with Gasteiger partial charge in [-0.15, -0.1) is 0 Å². The number of carbonyl (C=O) groups is 2. The molecule has 1 fully saturated rings. The maximum absolute atomic E-state index is 13.6. The predicted octanol–water partition coefficient (Wildman–Crippen LogP) is 2.58. The van der Waals surface area contributed by atoms with Gasteiger partial charge in [0, 0.05) is 37.2 Å². The Morgan fingerprint density at radius 3 is 2.76 bits per heavy atom. The van der Waals surface area contributed by atoms with Gasteiger partial charge in [0.2, 0.25) is 10.0 Å². The zero-order valence-corrected chi connectivity index (χ0v) is 19.2. The highest BCUT2D eigenvalue weighted by Crippen LogP contribution is 2.35. The van der Waals surface area contributed by atoms with E-state index in [-0.39, 0.29) is 47.7 Å². The third-order valence-electron chi connectivity index (χ3n) is 5.73. The van der Waals surface area contributed by atoms with Gasteiger partial charge in [0.25, 0.3) is 5.91 Å². The number of halogens is 1. The SMILES string of the molecule is CNC(=O)c1cc(F)ccc1CCC(=O)c1nc(N2CCCCS2(=O)=O)c2cccnc2c1O. The van der Waals surface area contributed by atoms with Crippen LogP contribution in [0.4, 0.5) is 10.2 Å². The van der Waals surface area contributed by atoms with E-state index in [0.717, 1.165) is 6.07 Å². The van der Waals surface area contributed by atoms with E-state index in [1.165, 1.54) is 29.7 Å². The van der Waals surface area contributed by atoms with Gasteiger partial charge in [-0.25, -0.2) is 17.8 Å². The fourth-order valence-corrected chi connectivity index (χ4v) is 5.60. The van der Waals surface area contributed by atoms with Gasteiger partial charge in [-0.3, -0.25) is 18.9 Å². The van der Waals surface area contributed by atoms with Crippen molar-refractivity contribution >= 4 is 38.4 Å². The lowest BCUT2D eigenvalue weighted by Crippen LogP contribution is -2.38. The van der Waals surface area contributed by atoms with Crippen molar-refractivity contribution in [2.75, 3.05) is 23.7 Å². The number of nitrogens with zero attached hydrogens (tertiary/aromatic N) is 3. The molecular weight excluding hydrogens is 463 g/mol. The summed E-state index contributed by atoms with van der Waals surface area (Å²) in [4.78, 5) is 33.6. The molecule has 0 saturated carbocycles. The van der Waals surface area contributed by atoms with E-state index in [4.69, 9.17) is 0 Å². The molecule has 34 heavy (non-hydrogen) atoms. The molecule has 0 radical (unpaired) electrons. The molecule has 0 aliphatic carbocycles. The molecule has 1 aliphatic heterocycles. The van der Waals surface area contributed by atoms with Crippen molar-refractivity contribution in [2.45, 2.75) is 25.7 Å². The van der Waals surface area contributed by atoms with Crippen LogP contribution in [0, 0.1) is 5.82 Å². The molecule has 178 valence electrons. The molecule has 4 rings (SSSR count). The van der Waals surface area contributed by atoms with Crippen LogP contribution < -0.4 is 9.62 Å². The lowest BCUT2D eigenvalue weighted by atomic mass is 9.99. The number of rotatable bonds is 6. The molecule has 3 aromatic rings. The monoisotopic (exact) mass is 486 g/mol. The minimum Gasteiger partial charge on any atom is -0.504 e. The van der Waals surface area contributed by atoms with Crippen LogP contribution in [0.3, 0.4) is 0 Å². The maximum Gasteiger partial charge on any atom is 0.251 e. The second-order valence-electron chi connectivity index (χ2n) is 7.93. The van der Waals surface area contributed by atoms with Gasteiger partial charge >= 0.3 is 0 Å². The first-order valence-electron chi connectivity index (χ1n) is 10.7. The van der Waals surface area contributed by atoms with Crippen molar-refractivity contribution in [2.24, 2.45) is 0 Å². The van der Waals surface area contributed by atoms with Gasteiger partial charge in [0.1, 0.15) is 11.3 Å². The summed E-state index contributed by atoms with van der Waals surface area (Å²) in [5, 5.41) is 13.5. The summed E-state index contributed by atoms with van der Waals surface area (Å²) < 4.78 is 40.2. The first-order chi connectivity index (χ1) is 16.2. The summed E-state index contributed by atoms with van der Waals surface area (Å²) in [5.41, 5.74) is 0.328. The van der Waals surface area contributed by atoms with Crippen molar-refractivity contribution in [3.63, 3.8) is 0 Å². The number of sulfonamides is 1. The molecule has 9 nitrogen and oxygen atoms in total. The number of Topliss-reactive ketones (excluding diaryl/α,β-unsaturated/α-hetero) is 1. The Bertz CT molecular complexity index is 1390. The van der Waals surface area contributed by atoms with Gasteiger partial charge in [-0.1, -0.05) is 6.07 Å². The van der Waals surface area contributed by atoms with Crippen LogP contribution in [-0.2, 0) is 16.4 Å². The van der Waals surface area contributed by atoms with Crippen molar-refractivity contribution in [1.29, 1.82) is 0 Å². The average molecular weight is 487 g/mol. The quantitative estimate of drug-likeness (QED) is 0.512. The lowest BCUT2D eigenvalue weighted by molar-refractivity contribution is 0.0952. The number of benzene rings is 1. The van der Waals surface area contributed by atoms with Crippen LogP contribution in [0.1, 0.15) is 45.7 Å². The van der Waals surface area contributed by atoms with E-state index in [1.807, 2.05) is 0 Å². The van der Waals surface area contributed by atoms with Crippen LogP contribution in [0.15, 0.2) is 36.5 Å². The van der Waals surface area contributed by atoms with E-state index in [1.54, 1.807) is 12.1 Å². The molecule has 0 spiro atoms. The Hall–Kier alpha value is -3.60. The molecular formula is C23H23FN4O5S. The van der Waals surface area contributed by atoms with Gasteiger partial charge in [-0.05, 0) is 49.1 Å². The van der Waals surface area contributed by atoms with Crippen molar-refractivity contribution in [1.82, 2.24) is 15.3 Å². The highest BCUT2D eigenvalue weighted by molar-refractivity contribution is 7.92. The number of aryl methyl sites for hydroxylation is 1. The van der Waals surface area contributed by atoms with Gasteiger partial charge < -0.3 is 10.4 Å². The van der Waals surface area contributed by atoms with E-state index >= 15 is 0 Å². The Kier molecular flexibility index (Phi) is 6.47. The standard InChI is InChI=1S/C23H23FN4O5S/c1-25-23(31)17-13-15(24)8-6-14(17)7-9-18(29)20-21(30)19-16(5-4-10-26-19)22(27-20)28-11-2-3-12-34(28,32)33/h4-6,8,10,13,30H,2-3,7,9,11-12H2,1H3,(H,25,31). The van der Waals surface area contributed by atoms with Crippen LogP contribution in [0.25, 0.3) is 10.9 Å². The first kappa shape index (κ1) is 23.6. The molecule has 1 saturated heterocycles. The topological polar surface area (TPSA) is 130 Å². The summed E-state index contributed by atoms with van der Waals surface area (Å²) in [6.07, 6.45) is 2.53. The Morgan fingerprint density at radius 2 is 2.03 bits per heavy atom. The summed E-state index contributed by atoms with van der Waals surface area (Å²) in [7, 11) is -2.21. The predicted molar refractivity (Wildman–Crippen MR) is 124 cm³/mol. The molecule has 0 atom stereocenters. The fourth-order valence-electron chi connectivity index (χ4n) is 4.00. The number of nitrogens with one attached hydrogen (secondary N) is 1. The third-order valence-corrected chi connectivity index (χ3v) is 7.56. The summed E-state index contributed by atoms with van der Waals surface area (Å²) in [6.45, 7) is 0.211. The number of hydrogen-bond acceptors (Lipinski definition) is 7. The minimum atomic E-state index is -3.63. The number of ketones is 1. The molecule has 1 aromatic carbocycles. The summed E-state index contributed by atoms with van der Waals surface area (Å²) >= 11 is 0. The number of anilines is 1. The van der Waals surface area contributed by atoms with E-state index < -0.39 is 33.3 Å². The number of aromatic hydroxyl groups is 1. The van der Waals surface area contributed by atoms with Crippen LogP contribution in [0.5, 0.6) is 5.75 Å². The van der Waals surface area contributed by atoms with Crippen molar-refractivity contribution < 1.29 is 27.5 Å². The van der Waals surface area contributed by atoms with Gasteiger partial charge in [0.05, 0.1) is 5.75 Å². The lowest BCUT2D eigenvalue weighted by Gasteiger charge is -2.28. The number of amides is 1. The Balaban J connectivity index is 1.72. The van der Waals surface area contributed by atoms with Crippen molar-refractivity contribution in [3.8, 4) is 5.75 Å². The zero-order chi connectivity index (χ0) is 24.5. The molecule has 1 amide bonds. The van der Waals surface area contributed by atoms with Crippen LogP contribution in [-0.4, -0.2) is 54.5 Å².